The number of piperazine rings is 1. The minimum absolute atomic E-state index is 0.0765. The fraction of sp³-hybridized carbons (Fsp3) is 0.562. The van der Waals surface area contributed by atoms with Gasteiger partial charge >= 0.3 is 12.3 Å². The van der Waals surface area contributed by atoms with Crippen LogP contribution in [0, 0.1) is 5.82 Å². The molecule has 3 rings (SSSR count). The molecular weight excluding hydrogens is 580 g/mol. The number of nitrogens with two attached hydrogens (primary N) is 1. The number of halogens is 4. The highest BCUT2D eigenvalue weighted by atomic mass is 19.4. The largest absolute Gasteiger partial charge is 0.489 e. The van der Waals surface area contributed by atoms with Crippen LogP contribution in [0.1, 0.15) is 70.1 Å². The number of carbonyl (C=O) groups is 2. The number of rotatable bonds is 12. The zero-order chi connectivity index (χ0) is 32.5. The molecule has 0 spiro atoms. The van der Waals surface area contributed by atoms with Crippen molar-refractivity contribution in [2.24, 2.45) is 0 Å². The molecule has 1 heterocycles. The number of carbonyl (C=O) groups excluding carboxylic acids is 2. The molecule has 2 N–H and O–H groups in total. The summed E-state index contributed by atoms with van der Waals surface area (Å²) in [5.74, 6) is -0.893. The summed E-state index contributed by atoms with van der Waals surface area (Å²) < 4.78 is 64.7. The third-order valence-electron chi connectivity index (χ3n) is 7.32. The van der Waals surface area contributed by atoms with Crippen molar-refractivity contribution in [3.05, 3.63) is 58.9 Å². The van der Waals surface area contributed by atoms with Crippen LogP contribution in [0.25, 0.3) is 0 Å². The summed E-state index contributed by atoms with van der Waals surface area (Å²) in [4.78, 5) is 31.6. The van der Waals surface area contributed by atoms with Crippen LogP contribution in [0.2, 0.25) is 0 Å². The third-order valence-corrected chi connectivity index (χ3v) is 7.32. The molecule has 2 amide bonds. The first kappa shape index (κ1) is 34.9. The van der Waals surface area contributed by atoms with Gasteiger partial charge in [0.15, 0.2) is 0 Å². The maximum absolute atomic E-state index is 13.7. The first-order valence-corrected chi connectivity index (χ1v) is 15.0. The lowest BCUT2D eigenvalue weighted by molar-refractivity contribution is -0.140. The lowest BCUT2D eigenvalue weighted by Crippen LogP contribution is -2.48. The van der Waals surface area contributed by atoms with E-state index in [1.807, 2.05) is 4.90 Å². The molecule has 0 aliphatic carbocycles. The van der Waals surface area contributed by atoms with E-state index in [-0.39, 0.29) is 24.6 Å². The maximum Gasteiger partial charge on any atom is 0.419 e. The van der Waals surface area contributed by atoms with E-state index in [4.69, 9.17) is 15.2 Å². The number of hydrogen-bond donors (Lipinski definition) is 1. The second kappa shape index (κ2) is 15.5. The van der Waals surface area contributed by atoms with Crippen LogP contribution < -0.4 is 10.5 Å². The van der Waals surface area contributed by atoms with Crippen molar-refractivity contribution >= 4 is 17.7 Å². The summed E-state index contributed by atoms with van der Waals surface area (Å²) in [5, 5.41) is 0. The fourth-order valence-electron chi connectivity index (χ4n) is 4.90. The molecule has 244 valence electrons. The van der Waals surface area contributed by atoms with Gasteiger partial charge < -0.3 is 29.9 Å². The van der Waals surface area contributed by atoms with Crippen LogP contribution in [0.3, 0.4) is 0 Å². The summed E-state index contributed by atoms with van der Waals surface area (Å²) in [5.41, 5.74) is 5.00. The minimum atomic E-state index is -4.84. The van der Waals surface area contributed by atoms with Crippen LogP contribution in [0.4, 0.5) is 28.0 Å². The van der Waals surface area contributed by atoms with Crippen molar-refractivity contribution in [1.29, 1.82) is 0 Å². The Morgan fingerprint density at radius 2 is 1.68 bits per heavy atom. The van der Waals surface area contributed by atoms with Gasteiger partial charge in [-0.1, -0.05) is 19.4 Å². The summed E-state index contributed by atoms with van der Waals surface area (Å²) >= 11 is 0. The van der Waals surface area contributed by atoms with Gasteiger partial charge in [0.2, 0.25) is 5.91 Å². The highest BCUT2D eigenvalue weighted by Crippen LogP contribution is 2.32. The number of nitrogen functional groups attached to an aromatic ring is 1. The van der Waals surface area contributed by atoms with Crippen LogP contribution >= 0.6 is 0 Å². The summed E-state index contributed by atoms with van der Waals surface area (Å²) in [7, 11) is 0. The lowest BCUT2D eigenvalue weighted by atomic mass is 10.1. The molecule has 2 aromatic rings. The molecule has 1 saturated heterocycles. The number of hydrogen-bond acceptors (Lipinski definition) is 6. The summed E-state index contributed by atoms with van der Waals surface area (Å²) in [6, 6.07) is 7.50. The first-order chi connectivity index (χ1) is 20.7. The molecule has 0 radical (unpaired) electrons. The van der Waals surface area contributed by atoms with Gasteiger partial charge in [-0.2, -0.15) is 13.2 Å². The first-order valence-electron chi connectivity index (χ1n) is 15.0. The summed E-state index contributed by atoms with van der Waals surface area (Å²) in [6.45, 7) is 11.8. The lowest BCUT2D eigenvalue weighted by Gasteiger charge is -2.34. The number of anilines is 1. The predicted molar refractivity (Wildman–Crippen MR) is 160 cm³/mol. The molecule has 0 aromatic heterocycles. The Hall–Kier alpha value is -3.54. The van der Waals surface area contributed by atoms with Gasteiger partial charge in [0.25, 0.3) is 0 Å². The van der Waals surface area contributed by atoms with E-state index < -0.39 is 29.3 Å². The van der Waals surface area contributed by atoms with Crippen LogP contribution in [-0.2, 0) is 28.9 Å². The second-order valence-electron chi connectivity index (χ2n) is 12.0. The Morgan fingerprint density at radius 3 is 2.32 bits per heavy atom. The van der Waals surface area contributed by atoms with Gasteiger partial charge in [-0.3, -0.25) is 4.79 Å². The minimum Gasteiger partial charge on any atom is -0.489 e. The van der Waals surface area contributed by atoms with E-state index in [0.29, 0.717) is 42.8 Å². The van der Waals surface area contributed by atoms with E-state index in [2.05, 4.69) is 11.8 Å². The van der Waals surface area contributed by atoms with Crippen molar-refractivity contribution in [2.75, 3.05) is 45.0 Å². The van der Waals surface area contributed by atoms with Crippen molar-refractivity contribution in [3.63, 3.8) is 0 Å². The SMILES string of the molecule is CCN1CCN(C(=O)CCCCCN(Cc2cc(N)ccc2OCc2ccc(F)c(C(F)(F)F)c2)C(=O)OC(C)(C)C)CC1. The molecule has 1 aliphatic rings. The maximum atomic E-state index is 13.7. The number of alkyl halides is 3. The number of nitrogens with zero attached hydrogens (tertiary/aromatic N) is 3. The number of benzene rings is 2. The Morgan fingerprint density at radius 1 is 0.977 bits per heavy atom. The van der Waals surface area contributed by atoms with E-state index in [9.17, 15) is 27.2 Å². The van der Waals surface area contributed by atoms with Crippen molar-refractivity contribution in [2.45, 2.75) is 78.3 Å². The van der Waals surface area contributed by atoms with E-state index in [0.717, 1.165) is 51.3 Å². The number of likely N-dealkylation sites (N-methyl/N-ethyl adjacent to an activating group) is 1. The molecule has 1 fully saturated rings. The molecule has 44 heavy (non-hydrogen) atoms. The van der Waals surface area contributed by atoms with Crippen molar-refractivity contribution < 1.29 is 36.6 Å². The normalized spacial score (nSPS) is 14.4. The van der Waals surface area contributed by atoms with Gasteiger partial charge in [-0.25, -0.2) is 9.18 Å². The zero-order valence-electron chi connectivity index (χ0n) is 26.0. The van der Waals surface area contributed by atoms with E-state index in [1.165, 1.54) is 11.0 Å². The second-order valence-corrected chi connectivity index (χ2v) is 12.0. The molecule has 0 bridgehead atoms. The van der Waals surface area contributed by atoms with E-state index in [1.54, 1.807) is 39.0 Å². The fourth-order valence-corrected chi connectivity index (χ4v) is 4.90. The van der Waals surface area contributed by atoms with E-state index >= 15 is 0 Å². The van der Waals surface area contributed by atoms with Crippen molar-refractivity contribution in [1.82, 2.24) is 14.7 Å². The van der Waals surface area contributed by atoms with Gasteiger partial charge in [0, 0.05) is 50.4 Å². The van der Waals surface area contributed by atoms with Gasteiger partial charge in [0.1, 0.15) is 23.8 Å². The molecule has 1 aliphatic heterocycles. The van der Waals surface area contributed by atoms with Gasteiger partial charge in [-0.15, -0.1) is 0 Å². The zero-order valence-corrected chi connectivity index (χ0v) is 26.0. The average molecular weight is 625 g/mol. The quantitative estimate of drug-likeness (QED) is 0.166. The van der Waals surface area contributed by atoms with Crippen LogP contribution in [0.5, 0.6) is 5.75 Å². The Labute approximate surface area is 257 Å². The molecule has 0 atom stereocenters. The van der Waals surface area contributed by atoms with Gasteiger partial charge in [0.05, 0.1) is 12.1 Å². The Bertz CT molecular complexity index is 1260. The molecule has 0 saturated carbocycles. The molecule has 2 aromatic carbocycles. The number of unbranched alkanes of at least 4 members (excludes halogenated alkanes) is 2. The van der Waals surface area contributed by atoms with Crippen LogP contribution in [-0.4, -0.2) is 71.6 Å². The molecule has 0 unspecified atom stereocenters. The summed E-state index contributed by atoms with van der Waals surface area (Å²) in [6.07, 6.45) is -2.87. The smallest absolute Gasteiger partial charge is 0.419 e. The number of ether oxygens (including phenoxy) is 2. The van der Waals surface area contributed by atoms with Crippen LogP contribution in [0.15, 0.2) is 36.4 Å². The predicted octanol–water partition coefficient (Wildman–Crippen LogP) is 6.47. The molecule has 8 nitrogen and oxygen atoms in total. The van der Waals surface area contributed by atoms with Crippen molar-refractivity contribution in [3.8, 4) is 5.75 Å². The Balaban J connectivity index is 1.64. The number of amides is 2. The molecular formula is C32H44F4N4O4. The standard InChI is InChI=1S/C32H44F4N4O4/c1-5-38-15-17-39(18-16-38)29(41)9-7-6-8-14-40(30(42)44-31(2,3)4)21-24-20-25(37)11-13-28(24)43-22-23-10-12-27(33)26(19-23)32(34,35)36/h10-13,19-20H,5-9,14-18,21-22,37H2,1-4H3. The third kappa shape index (κ3) is 10.9. The topological polar surface area (TPSA) is 88.3 Å². The Kier molecular flexibility index (Phi) is 12.3. The van der Waals surface area contributed by atoms with Gasteiger partial charge in [-0.05, 0) is 76.1 Å². The average Bonchev–Trinajstić information content (AvgIpc) is 2.95. The highest BCUT2D eigenvalue weighted by Gasteiger charge is 2.34. The monoisotopic (exact) mass is 624 g/mol. The highest BCUT2D eigenvalue weighted by molar-refractivity contribution is 5.76. The molecule has 12 heteroatoms.